The summed E-state index contributed by atoms with van der Waals surface area (Å²) < 4.78 is 2.16. The van der Waals surface area contributed by atoms with Crippen LogP contribution in [-0.4, -0.2) is 45.9 Å². The van der Waals surface area contributed by atoms with Crippen LogP contribution in [0.2, 0.25) is 0 Å². The summed E-state index contributed by atoms with van der Waals surface area (Å²) in [6.45, 7) is 5.22. The Bertz CT molecular complexity index is 844. The number of benzene rings is 1. The zero-order chi connectivity index (χ0) is 18.8. The van der Waals surface area contributed by atoms with Crippen LogP contribution in [0, 0.1) is 0 Å². The summed E-state index contributed by atoms with van der Waals surface area (Å²) in [4.78, 5) is 33.4. The number of likely N-dealkylation sites (tertiary alicyclic amines) is 1. The van der Waals surface area contributed by atoms with E-state index >= 15 is 0 Å². The average molecular weight is 366 g/mol. The Balaban J connectivity index is 1.51. The molecule has 2 aliphatic heterocycles. The number of hydrogen-bond donors (Lipinski definition) is 0. The predicted octanol–water partition coefficient (Wildman–Crippen LogP) is 3.05. The second-order valence-electron chi connectivity index (χ2n) is 7.36. The maximum absolute atomic E-state index is 13.1. The Morgan fingerprint density at radius 1 is 1.26 bits per heavy atom. The van der Waals surface area contributed by atoms with E-state index in [1.54, 1.807) is 4.90 Å². The van der Waals surface area contributed by atoms with Crippen molar-refractivity contribution in [2.45, 2.75) is 45.1 Å². The predicted molar refractivity (Wildman–Crippen MR) is 104 cm³/mol. The molecule has 2 fully saturated rings. The minimum atomic E-state index is 0.0443. The van der Waals surface area contributed by atoms with E-state index in [9.17, 15) is 9.59 Å². The summed E-state index contributed by atoms with van der Waals surface area (Å²) in [5.41, 5.74) is 1.49. The molecule has 3 heterocycles. The van der Waals surface area contributed by atoms with Crippen LogP contribution in [0.5, 0.6) is 0 Å². The second-order valence-corrected chi connectivity index (χ2v) is 7.36. The van der Waals surface area contributed by atoms with Gasteiger partial charge in [0, 0.05) is 62.2 Å². The van der Waals surface area contributed by atoms with Gasteiger partial charge < -0.3 is 14.4 Å². The van der Waals surface area contributed by atoms with Crippen molar-refractivity contribution in [3.05, 3.63) is 48.0 Å². The van der Waals surface area contributed by atoms with Crippen LogP contribution >= 0.6 is 0 Å². The fraction of sp³-hybridized carbons (Fsp3) is 0.476. The fourth-order valence-electron chi connectivity index (χ4n) is 4.23. The first-order valence-electron chi connectivity index (χ1n) is 9.88. The van der Waals surface area contributed by atoms with Gasteiger partial charge in [-0.3, -0.25) is 9.59 Å². The number of amides is 2. The first-order valence-corrected chi connectivity index (χ1v) is 9.88. The lowest BCUT2D eigenvalue weighted by molar-refractivity contribution is -0.117. The van der Waals surface area contributed by atoms with Crippen molar-refractivity contribution in [1.29, 1.82) is 0 Å². The molecule has 142 valence electrons. The first kappa shape index (κ1) is 17.8. The Morgan fingerprint density at radius 3 is 2.93 bits per heavy atom. The largest absolute Gasteiger partial charge is 0.338 e. The normalized spacial score (nSPS) is 20.3. The number of anilines is 1. The number of aromatic nitrogens is 2. The molecule has 1 atom stereocenters. The highest BCUT2D eigenvalue weighted by molar-refractivity contribution is 5.99. The van der Waals surface area contributed by atoms with Gasteiger partial charge in [0.1, 0.15) is 5.82 Å². The number of rotatable bonds is 4. The van der Waals surface area contributed by atoms with Crippen molar-refractivity contribution in [3.63, 3.8) is 0 Å². The Morgan fingerprint density at radius 2 is 2.15 bits per heavy atom. The van der Waals surface area contributed by atoms with Crippen molar-refractivity contribution >= 4 is 17.5 Å². The van der Waals surface area contributed by atoms with E-state index < -0.39 is 0 Å². The van der Waals surface area contributed by atoms with Crippen molar-refractivity contribution in [3.8, 4) is 0 Å². The number of imidazole rings is 1. The molecule has 2 saturated heterocycles. The van der Waals surface area contributed by atoms with E-state index in [1.807, 2.05) is 41.6 Å². The van der Waals surface area contributed by atoms with E-state index in [0.717, 1.165) is 50.4 Å². The Kier molecular flexibility index (Phi) is 4.97. The SMILES string of the molecule is CCn1ccnc1[C@@H]1CCCN(C(=O)c2cccc(N3CCCC3=O)c2)C1. The molecule has 0 bridgehead atoms. The van der Waals surface area contributed by atoms with Gasteiger partial charge in [0.15, 0.2) is 0 Å². The summed E-state index contributed by atoms with van der Waals surface area (Å²) in [5, 5.41) is 0. The summed E-state index contributed by atoms with van der Waals surface area (Å²) in [6.07, 6.45) is 7.37. The van der Waals surface area contributed by atoms with Crippen LogP contribution in [0.3, 0.4) is 0 Å². The van der Waals surface area contributed by atoms with Crippen LogP contribution in [0.25, 0.3) is 0 Å². The lowest BCUT2D eigenvalue weighted by Crippen LogP contribution is -2.39. The molecule has 0 saturated carbocycles. The quantitative estimate of drug-likeness (QED) is 0.836. The topological polar surface area (TPSA) is 58.4 Å². The molecule has 0 unspecified atom stereocenters. The highest BCUT2D eigenvalue weighted by Gasteiger charge is 2.28. The van der Waals surface area contributed by atoms with Crippen molar-refractivity contribution in [1.82, 2.24) is 14.5 Å². The van der Waals surface area contributed by atoms with E-state index in [0.29, 0.717) is 18.5 Å². The van der Waals surface area contributed by atoms with Gasteiger partial charge in [0.05, 0.1) is 0 Å². The van der Waals surface area contributed by atoms with E-state index in [1.165, 1.54) is 0 Å². The van der Waals surface area contributed by atoms with E-state index in [2.05, 4.69) is 16.5 Å². The molecule has 0 aliphatic carbocycles. The molecule has 1 aromatic heterocycles. The molecule has 6 heteroatoms. The van der Waals surface area contributed by atoms with Crippen LogP contribution in [0.1, 0.15) is 54.7 Å². The van der Waals surface area contributed by atoms with Crippen molar-refractivity contribution in [2.75, 3.05) is 24.5 Å². The van der Waals surface area contributed by atoms with E-state index in [-0.39, 0.29) is 17.7 Å². The van der Waals surface area contributed by atoms with Crippen molar-refractivity contribution < 1.29 is 9.59 Å². The Labute approximate surface area is 159 Å². The smallest absolute Gasteiger partial charge is 0.253 e. The standard InChI is InChI=1S/C21H26N4O2/c1-2-23-13-10-22-20(23)17-7-4-11-24(15-17)21(27)16-6-3-8-18(14-16)25-12-5-9-19(25)26/h3,6,8,10,13-14,17H,2,4-5,7,9,11-12,15H2,1H3/t17-/m1/s1. The van der Waals surface area contributed by atoms with Gasteiger partial charge in [-0.05, 0) is 44.4 Å². The zero-order valence-corrected chi connectivity index (χ0v) is 15.8. The third kappa shape index (κ3) is 3.48. The number of hydrogen-bond acceptors (Lipinski definition) is 3. The number of carbonyl (C=O) groups is 2. The lowest BCUT2D eigenvalue weighted by Gasteiger charge is -2.33. The third-order valence-electron chi connectivity index (χ3n) is 5.64. The molecule has 0 N–H and O–H groups in total. The van der Waals surface area contributed by atoms with Gasteiger partial charge in [0.2, 0.25) is 5.91 Å². The number of carbonyl (C=O) groups excluding carboxylic acids is 2. The van der Waals surface area contributed by atoms with Crippen LogP contribution in [-0.2, 0) is 11.3 Å². The Hall–Kier alpha value is -2.63. The van der Waals surface area contributed by atoms with Gasteiger partial charge in [0.25, 0.3) is 5.91 Å². The molecule has 0 spiro atoms. The molecule has 0 radical (unpaired) electrons. The third-order valence-corrected chi connectivity index (χ3v) is 5.64. The number of piperidine rings is 1. The summed E-state index contributed by atoms with van der Waals surface area (Å²) in [5.74, 6) is 1.54. The maximum atomic E-state index is 13.1. The molecular weight excluding hydrogens is 340 g/mol. The molecule has 6 nitrogen and oxygen atoms in total. The van der Waals surface area contributed by atoms with Crippen LogP contribution < -0.4 is 4.90 Å². The van der Waals surface area contributed by atoms with Crippen molar-refractivity contribution in [2.24, 2.45) is 0 Å². The van der Waals surface area contributed by atoms with Gasteiger partial charge in [-0.25, -0.2) is 4.98 Å². The molecule has 2 amide bonds. The highest BCUT2D eigenvalue weighted by Crippen LogP contribution is 2.28. The minimum absolute atomic E-state index is 0.0443. The summed E-state index contributed by atoms with van der Waals surface area (Å²) >= 11 is 0. The highest BCUT2D eigenvalue weighted by atomic mass is 16.2. The maximum Gasteiger partial charge on any atom is 0.253 e. The van der Waals surface area contributed by atoms with E-state index in [4.69, 9.17) is 0 Å². The number of nitrogens with zero attached hydrogens (tertiary/aromatic N) is 4. The molecule has 4 rings (SSSR count). The first-order chi connectivity index (χ1) is 13.2. The monoisotopic (exact) mass is 366 g/mol. The lowest BCUT2D eigenvalue weighted by atomic mass is 9.96. The van der Waals surface area contributed by atoms with Gasteiger partial charge in [-0.2, -0.15) is 0 Å². The summed E-state index contributed by atoms with van der Waals surface area (Å²) in [6, 6.07) is 7.50. The van der Waals surface area contributed by atoms with Crippen LogP contribution in [0.15, 0.2) is 36.7 Å². The van der Waals surface area contributed by atoms with Crippen LogP contribution in [0.4, 0.5) is 5.69 Å². The molecule has 2 aromatic rings. The summed E-state index contributed by atoms with van der Waals surface area (Å²) in [7, 11) is 0. The molecule has 27 heavy (non-hydrogen) atoms. The second kappa shape index (κ2) is 7.55. The fourth-order valence-corrected chi connectivity index (χ4v) is 4.23. The average Bonchev–Trinajstić information content (AvgIpc) is 3.36. The molecule has 2 aliphatic rings. The zero-order valence-electron chi connectivity index (χ0n) is 15.8. The number of aryl methyl sites for hydroxylation is 1. The molecule has 1 aromatic carbocycles. The van der Waals surface area contributed by atoms with Gasteiger partial charge in [-0.15, -0.1) is 0 Å². The van der Waals surface area contributed by atoms with Gasteiger partial charge >= 0.3 is 0 Å². The minimum Gasteiger partial charge on any atom is -0.338 e. The van der Waals surface area contributed by atoms with Gasteiger partial charge in [-0.1, -0.05) is 6.07 Å². The molecular formula is C21H26N4O2.